The van der Waals surface area contributed by atoms with Crippen molar-refractivity contribution in [2.75, 3.05) is 11.9 Å². The van der Waals surface area contributed by atoms with Crippen molar-refractivity contribution in [2.45, 2.75) is 31.3 Å². The highest BCUT2D eigenvalue weighted by Crippen LogP contribution is 2.37. The number of anilines is 1. The molecule has 1 aromatic rings. The third-order valence-electron chi connectivity index (χ3n) is 3.73. The van der Waals surface area contributed by atoms with E-state index in [0.717, 1.165) is 12.8 Å². The minimum atomic E-state index is -0.546. The Hall–Kier alpha value is -1.53. The van der Waals surface area contributed by atoms with E-state index in [-0.39, 0.29) is 27.7 Å². The first kappa shape index (κ1) is 14.4. The molecule has 6 nitrogen and oxygen atoms in total. The number of hydrogen-bond acceptors (Lipinski definition) is 4. The Morgan fingerprint density at radius 3 is 2.43 bits per heavy atom. The molecule has 1 saturated carbocycles. The highest BCUT2D eigenvalue weighted by Gasteiger charge is 2.39. The van der Waals surface area contributed by atoms with Crippen LogP contribution in [0, 0.1) is 10.1 Å². The van der Waals surface area contributed by atoms with Crippen molar-refractivity contribution in [2.24, 2.45) is 0 Å². The SMILES string of the molecule is O=C1CC(Nc2c(Cl)cc([N+](=O)[O-])cc2Cl)CN1C1CC1. The van der Waals surface area contributed by atoms with Crippen LogP contribution in [-0.4, -0.2) is 34.4 Å². The van der Waals surface area contributed by atoms with Gasteiger partial charge in [0.05, 0.1) is 26.7 Å². The molecule has 1 unspecified atom stereocenters. The summed E-state index contributed by atoms with van der Waals surface area (Å²) in [4.78, 5) is 24.0. The molecule has 8 heteroatoms. The van der Waals surface area contributed by atoms with Gasteiger partial charge < -0.3 is 10.2 Å². The summed E-state index contributed by atoms with van der Waals surface area (Å²) in [6.07, 6.45) is 2.52. The monoisotopic (exact) mass is 329 g/mol. The highest BCUT2D eigenvalue weighted by molar-refractivity contribution is 6.39. The average Bonchev–Trinajstić information content (AvgIpc) is 3.18. The Labute approximate surface area is 131 Å². The molecule has 1 amide bonds. The molecule has 1 N–H and O–H groups in total. The molecule has 1 aliphatic heterocycles. The zero-order valence-electron chi connectivity index (χ0n) is 11.0. The summed E-state index contributed by atoms with van der Waals surface area (Å²) in [5.74, 6) is 0.129. The maximum absolute atomic E-state index is 11.9. The minimum absolute atomic E-state index is 0.0745. The molecule has 21 heavy (non-hydrogen) atoms. The van der Waals surface area contributed by atoms with Gasteiger partial charge in [-0.2, -0.15) is 0 Å². The van der Waals surface area contributed by atoms with Crippen LogP contribution in [0.5, 0.6) is 0 Å². The van der Waals surface area contributed by atoms with Gasteiger partial charge in [-0.05, 0) is 12.8 Å². The van der Waals surface area contributed by atoms with Crippen molar-refractivity contribution in [1.82, 2.24) is 4.90 Å². The van der Waals surface area contributed by atoms with E-state index in [4.69, 9.17) is 23.2 Å². The number of nitro groups is 1. The second kappa shape index (κ2) is 5.35. The van der Waals surface area contributed by atoms with Crippen molar-refractivity contribution in [1.29, 1.82) is 0 Å². The van der Waals surface area contributed by atoms with Gasteiger partial charge in [0.15, 0.2) is 0 Å². The third-order valence-corrected chi connectivity index (χ3v) is 4.33. The van der Waals surface area contributed by atoms with Crippen LogP contribution in [0.1, 0.15) is 19.3 Å². The Bertz CT molecular complexity index is 596. The first-order valence-electron chi connectivity index (χ1n) is 6.65. The molecule has 0 aromatic heterocycles. The molecule has 2 fully saturated rings. The van der Waals surface area contributed by atoms with E-state index in [1.807, 2.05) is 4.90 Å². The zero-order valence-corrected chi connectivity index (χ0v) is 12.5. The van der Waals surface area contributed by atoms with Crippen LogP contribution < -0.4 is 5.32 Å². The van der Waals surface area contributed by atoms with Crippen LogP contribution in [-0.2, 0) is 4.79 Å². The summed E-state index contributed by atoms with van der Waals surface area (Å²) in [7, 11) is 0. The second-order valence-corrected chi connectivity index (χ2v) is 6.18. The predicted molar refractivity (Wildman–Crippen MR) is 79.9 cm³/mol. The number of halogens is 2. The van der Waals surface area contributed by atoms with E-state index in [2.05, 4.69) is 5.32 Å². The first-order chi connectivity index (χ1) is 9.95. The van der Waals surface area contributed by atoms with Crippen LogP contribution in [0.15, 0.2) is 12.1 Å². The molecule has 0 spiro atoms. The number of carbonyl (C=O) groups excluding carboxylic acids is 1. The molecular weight excluding hydrogens is 317 g/mol. The van der Waals surface area contributed by atoms with E-state index in [9.17, 15) is 14.9 Å². The summed E-state index contributed by atoms with van der Waals surface area (Å²) < 4.78 is 0. The fourth-order valence-electron chi connectivity index (χ4n) is 2.57. The number of non-ortho nitro benzene ring substituents is 1. The van der Waals surface area contributed by atoms with Crippen LogP contribution in [0.4, 0.5) is 11.4 Å². The summed E-state index contributed by atoms with van der Waals surface area (Å²) in [5.41, 5.74) is 0.289. The maximum Gasteiger partial charge on any atom is 0.272 e. The summed E-state index contributed by atoms with van der Waals surface area (Å²) in [5, 5.41) is 14.3. The van der Waals surface area contributed by atoms with Crippen molar-refractivity contribution >= 4 is 40.5 Å². The van der Waals surface area contributed by atoms with Gasteiger partial charge in [-0.15, -0.1) is 0 Å². The summed E-state index contributed by atoms with van der Waals surface area (Å²) in [6, 6.07) is 2.82. The van der Waals surface area contributed by atoms with Crippen LogP contribution in [0.3, 0.4) is 0 Å². The summed E-state index contributed by atoms with van der Waals surface area (Å²) in [6.45, 7) is 0.618. The smallest absolute Gasteiger partial charge is 0.272 e. The number of hydrogen-bond donors (Lipinski definition) is 1. The lowest BCUT2D eigenvalue weighted by Crippen LogP contribution is -2.29. The fraction of sp³-hybridized carbons (Fsp3) is 0.462. The van der Waals surface area contributed by atoms with Gasteiger partial charge in [0.1, 0.15) is 0 Å². The number of nitrogens with one attached hydrogen (secondary N) is 1. The van der Waals surface area contributed by atoms with Crippen LogP contribution >= 0.6 is 23.2 Å². The molecule has 1 aliphatic carbocycles. The Morgan fingerprint density at radius 2 is 1.90 bits per heavy atom. The second-order valence-electron chi connectivity index (χ2n) is 5.36. The fourth-order valence-corrected chi connectivity index (χ4v) is 3.16. The van der Waals surface area contributed by atoms with E-state index in [1.165, 1.54) is 12.1 Å². The zero-order chi connectivity index (χ0) is 15.1. The van der Waals surface area contributed by atoms with E-state index in [1.54, 1.807) is 0 Å². The molecule has 0 radical (unpaired) electrons. The number of likely N-dealkylation sites (tertiary alicyclic amines) is 1. The number of carbonyl (C=O) groups is 1. The number of rotatable bonds is 4. The highest BCUT2D eigenvalue weighted by atomic mass is 35.5. The number of benzene rings is 1. The summed E-state index contributed by atoms with van der Waals surface area (Å²) >= 11 is 12.1. The lowest BCUT2D eigenvalue weighted by atomic mass is 10.2. The Balaban J connectivity index is 1.76. The lowest BCUT2D eigenvalue weighted by Gasteiger charge is -2.18. The molecule has 1 heterocycles. The standard InChI is InChI=1S/C13H13Cl2N3O3/c14-10-4-9(18(20)21)5-11(15)13(10)16-7-3-12(19)17(6-7)8-1-2-8/h4-5,7-8,16H,1-3,6H2. The average molecular weight is 330 g/mol. The maximum atomic E-state index is 11.9. The van der Waals surface area contributed by atoms with Crippen molar-refractivity contribution in [3.8, 4) is 0 Å². The minimum Gasteiger partial charge on any atom is -0.378 e. The van der Waals surface area contributed by atoms with E-state index >= 15 is 0 Å². The van der Waals surface area contributed by atoms with Crippen LogP contribution in [0.25, 0.3) is 0 Å². The van der Waals surface area contributed by atoms with Crippen molar-refractivity contribution < 1.29 is 9.72 Å². The van der Waals surface area contributed by atoms with Gasteiger partial charge in [0.2, 0.25) is 5.91 Å². The molecule has 112 valence electrons. The van der Waals surface area contributed by atoms with Gasteiger partial charge in [-0.25, -0.2) is 0 Å². The normalized spacial score (nSPS) is 21.7. The molecule has 1 aromatic carbocycles. The number of nitrogens with zero attached hydrogens (tertiary/aromatic N) is 2. The van der Waals surface area contributed by atoms with Gasteiger partial charge >= 0.3 is 0 Å². The molecular formula is C13H13Cl2N3O3. The molecule has 2 aliphatic rings. The topological polar surface area (TPSA) is 75.5 Å². The van der Waals surface area contributed by atoms with E-state index in [0.29, 0.717) is 24.7 Å². The number of nitro benzene ring substituents is 1. The first-order valence-corrected chi connectivity index (χ1v) is 7.40. The Kier molecular flexibility index (Phi) is 3.67. The molecule has 3 rings (SSSR count). The quantitative estimate of drug-likeness (QED) is 0.680. The van der Waals surface area contributed by atoms with Gasteiger partial charge in [-0.1, -0.05) is 23.2 Å². The van der Waals surface area contributed by atoms with Gasteiger partial charge in [0, 0.05) is 31.1 Å². The lowest BCUT2D eigenvalue weighted by molar-refractivity contribution is -0.384. The van der Waals surface area contributed by atoms with Crippen molar-refractivity contribution in [3.63, 3.8) is 0 Å². The predicted octanol–water partition coefficient (Wildman–Crippen LogP) is 3.08. The van der Waals surface area contributed by atoms with Gasteiger partial charge in [0.25, 0.3) is 5.69 Å². The molecule has 0 bridgehead atoms. The molecule has 1 saturated heterocycles. The Morgan fingerprint density at radius 1 is 1.29 bits per heavy atom. The third kappa shape index (κ3) is 2.91. The van der Waals surface area contributed by atoms with Crippen LogP contribution in [0.2, 0.25) is 10.0 Å². The van der Waals surface area contributed by atoms with Crippen molar-refractivity contribution in [3.05, 3.63) is 32.3 Å². The molecule has 1 atom stereocenters. The van der Waals surface area contributed by atoms with Gasteiger partial charge in [-0.3, -0.25) is 14.9 Å². The number of amides is 1. The largest absolute Gasteiger partial charge is 0.378 e. The van der Waals surface area contributed by atoms with E-state index < -0.39 is 4.92 Å².